The number of halogens is 1. The highest BCUT2D eigenvalue weighted by Gasteiger charge is 2.12. The molecular formula is C18H13ClN4O2. The zero-order valence-corrected chi connectivity index (χ0v) is 14.0. The molecule has 0 aliphatic rings. The van der Waals surface area contributed by atoms with E-state index in [1.54, 1.807) is 30.5 Å². The van der Waals surface area contributed by atoms with Gasteiger partial charge >= 0.3 is 5.97 Å². The number of carbonyl (C=O) groups excluding carboxylic acids is 1. The van der Waals surface area contributed by atoms with Crippen LogP contribution < -0.4 is 5.32 Å². The normalized spacial score (nSPS) is 11.0. The summed E-state index contributed by atoms with van der Waals surface area (Å²) in [7, 11) is 1.35. The maximum atomic E-state index is 11.8. The number of anilines is 2. The van der Waals surface area contributed by atoms with E-state index in [1.807, 2.05) is 28.8 Å². The smallest absolute Gasteiger partial charge is 0.337 e. The van der Waals surface area contributed by atoms with E-state index in [4.69, 9.17) is 16.3 Å². The largest absolute Gasteiger partial charge is 0.465 e. The number of esters is 1. The topological polar surface area (TPSA) is 68.5 Å². The summed E-state index contributed by atoms with van der Waals surface area (Å²) >= 11 is 6.04. The quantitative estimate of drug-likeness (QED) is 0.563. The Hall–Kier alpha value is -3.12. The minimum absolute atomic E-state index is 0.406. The first-order valence-corrected chi connectivity index (χ1v) is 7.91. The molecule has 6 nitrogen and oxygen atoms in total. The Morgan fingerprint density at radius 3 is 2.92 bits per heavy atom. The molecule has 0 radical (unpaired) electrons. The van der Waals surface area contributed by atoms with Gasteiger partial charge in [0.1, 0.15) is 5.65 Å². The van der Waals surface area contributed by atoms with Crippen molar-refractivity contribution in [2.45, 2.75) is 0 Å². The number of nitrogens with zero attached hydrogens (tertiary/aromatic N) is 3. The van der Waals surface area contributed by atoms with Gasteiger partial charge in [0.15, 0.2) is 0 Å². The first-order valence-electron chi connectivity index (χ1n) is 7.53. The Kier molecular flexibility index (Phi) is 3.74. The molecule has 0 atom stereocenters. The molecule has 2 aromatic carbocycles. The molecule has 1 N–H and O–H groups in total. The number of nitrogens with one attached hydrogen (secondary N) is 1. The molecule has 0 saturated heterocycles. The monoisotopic (exact) mass is 352 g/mol. The number of hydrogen-bond donors (Lipinski definition) is 1. The van der Waals surface area contributed by atoms with Gasteiger partial charge in [-0.15, -0.1) is 0 Å². The number of carbonyl (C=O) groups is 1. The van der Waals surface area contributed by atoms with Crippen LogP contribution in [0.2, 0.25) is 5.02 Å². The Morgan fingerprint density at radius 2 is 2.12 bits per heavy atom. The van der Waals surface area contributed by atoms with Crippen LogP contribution in [0.25, 0.3) is 16.6 Å². The molecule has 0 fully saturated rings. The number of aromatic nitrogens is 3. The van der Waals surface area contributed by atoms with E-state index in [-0.39, 0.29) is 0 Å². The summed E-state index contributed by atoms with van der Waals surface area (Å²) in [6, 6.07) is 12.6. The molecule has 4 rings (SSSR count). The zero-order valence-electron chi connectivity index (χ0n) is 13.2. The first kappa shape index (κ1) is 15.4. The van der Waals surface area contributed by atoms with Gasteiger partial charge in [-0.25, -0.2) is 14.8 Å². The molecule has 2 aromatic heterocycles. The standard InChI is InChI=1S/C18H13ClN4O2/c1-25-17(24)11-5-6-14-15(9-11)22-18(23-8-7-20-16(14)23)21-13-4-2-3-12(19)10-13/h2-10H,1H3,(H,21,22). The summed E-state index contributed by atoms with van der Waals surface area (Å²) in [6.45, 7) is 0. The maximum absolute atomic E-state index is 11.8. The van der Waals surface area contributed by atoms with E-state index in [9.17, 15) is 4.79 Å². The van der Waals surface area contributed by atoms with Crippen LogP contribution >= 0.6 is 11.6 Å². The highest BCUT2D eigenvalue weighted by atomic mass is 35.5. The molecule has 0 aliphatic heterocycles. The van der Waals surface area contributed by atoms with Crippen LogP contribution in [0.15, 0.2) is 54.9 Å². The Morgan fingerprint density at radius 1 is 1.24 bits per heavy atom. The average Bonchev–Trinajstić information content (AvgIpc) is 3.11. The minimum Gasteiger partial charge on any atom is -0.465 e. The third-order valence-corrected chi connectivity index (χ3v) is 4.07. The van der Waals surface area contributed by atoms with Gasteiger partial charge in [0.2, 0.25) is 5.95 Å². The number of imidazole rings is 1. The SMILES string of the molecule is COC(=O)c1ccc2c(c1)nc(Nc1cccc(Cl)c1)n1ccnc21. The maximum Gasteiger partial charge on any atom is 0.337 e. The lowest BCUT2D eigenvalue weighted by Gasteiger charge is -2.11. The van der Waals surface area contributed by atoms with Crippen LogP contribution in [0.1, 0.15) is 10.4 Å². The highest BCUT2D eigenvalue weighted by molar-refractivity contribution is 6.30. The second-order valence-corrected chi connectivity index (χ2v) is 5.85. The van der Waals surface area contributed by atoms with E-state index < -0.39 is 5.97 Å². The van der Waals surface area contributed by atoms with Crippen LogP contribution in [0.4, 0.5) is 11.6 Å². The molecule has 25 heavy (non-hydrogen) atoms. The fourth-order valence-corrected chi connectivity index (χ4v) is 2.87. The van der Waals surface area contributed by atoms with Crippen molar-refractivity contribution in [3.05, 3.63) is 65.4 Å². The van der Waals surface area contributed by atoms with E-state index in [1.165, 1.54) is 7.11 Å². The lowest BCUT2D eigenvalue weighted by atomic mass is 10.1. The number of fused-ring (bicyclic) bond motifs is 3. The molecule has 0 bridgehead atoms. The van der Waals surface area contributed by atoms with Gasteiger partial charge in [-0.1, -0.05) is 17.7 Å². The summed E-state index contributed by atoms with van der Waals surface area (Å²) in [6.07, 6.45) is 3.52. The Bertz CT molecular complexity index is 1110. The minimum atomic E-state index is -0.406. The number of ether oxygens (including phenoxy) is 1. The average molecular weight is 353 g/mol. The lowest BCUT2D eigenvalue weighted by Crippen LogP contribution is -2.04. The van der Waals surface area contributed by atoms with Gasteiger partial charge in [0.05, 0.1) is 18.2 Å². The first-order chi connectivity index (χ1) is 12.2. The van der Waals surface area contributed by atoms with E-state index in [0.29, 0.717) is 22.1 Å². The van der Waals surface area contributed by atoms with Gasteiger partial charge in [0, 0.05) is 28.5 Å². The van der Waals surface area contributed by atoms with Gasteiger partial charge in [-0.05, 0) is 36.4 Å². The predicted molar refractivity (Wildman–Crippen MR) is 96.6 cm³/mol. The number of hydrogen-bond acceptors (Lipinski definition) is 5. The molecule has 0 aliphatic carbocycles. The van der Waals surface area contributed by atoms with Crippen LogP contribution in [-0.4, -0.2) is 27.4 Å². The van der Waals surface area contributed by atoms with Gasteiger partial charge < -0.3 is 10.1 Å². The summed E-state index contributed by atoms with van der Waals surface area (Å²) in [4.78, 5) is 20.8. The number of rotatable bonds is 3. The molecule has 7 heteroatoms. The van der Waals surface area contributed by atoms with Gasteiger partial charge in [-0.3, -0.25) is 4.40 Å². The molecule has 0 saturated carbocycles. The summed E-state index contributed by atoms with van der Waals surface area (Å²) in [5.74, 6) is 0.167. The summed E-state index contributed by atoms with van der Waals surface area (Å²) in [5.41, 5.74) is 2.63. The fourth-order valence-electron chi connectivity index (χ4n) is 2.68. The molecule has 4 aromatic rings. The van der Waals surface area contributed by atoms with Crippen molar-refractivity contribution in [1.82, 2.24) is 14.4 Å². The predicted octanol–water partition coefficient (Wildman–Crippen LogP) is 4.07. The second kappa shape index (κ2) is 6.07. The van der Waals surface area contributed by atoms with Gasteiger partial charge in [-0.2, -0.15) is 0 Å². The van der Waals surface area contributed by atoms with Crippen LogP contribution in [0.5, 0.6) is 0 Å². The summed E-state index contributed by atoms with van der Waals surface area (Å²) < 4.78 is 6.63. The number of methoxy groups -OCH3 is 1. The van der Waals surface area contributed by atoms with Crippen molar-refractivity contribution in [3.63, 3.8) is 0 Å². The van der Waals surface area contributed by atoms with E-state index >= 15 is 0 Å². The zero-order chi connectivity index (χ0) is 17.4. The van der Waals surface area contributed by atoms with Crippen molar-refractivity contribution in [2.24, 2.45) is 0 Å². The molecule has 124 valence electrons. The second-order valence-electron chi connectivity index (χ2n) is 5.42. The van der Waals surface area contributed by atoms with Crippen molar-refractivity contribution >= 4 is 45.8 Å². The Balaban J connectivity index is 1.89. The fraction of sp³-hybridized carbons (Fsp3) is 0.0556. The molecule has 0 unspecified atom stereocenters. The molecule has 2 heterocycles. The van der Waals surface area contributed by atoms with Crippen molar-refractivity contribution in [1.29, 1.82) is 0 Å². The third-order valence-electron chi connectivity index (χ3n) is 3.84. The van der Waals surface area contributed by atoms with Gasteiger partial charge in [0.25, 0.3) is 0 Å². The number of benzene rings is 2. The Labute approximate surface area is 148 Å². The van der Waals surface area contributed by atoms with E-state index in [2.05, 4.69) is 15.3 Å². The lowest BCUT2D eigenvalue weighted by molar-refractivity contribution is 0.0601. The summed E-state index contributed by atoms with van der Waals surface area (Å²) in [5, 5.41) is 4.71. The molecular weight excluding hydrogens is 340 g/mol. The molecule has 0 amide bonds. The van der Waals surface area contributed by atoms with Crippen molar-refractivity contribution in [3.8, 4) is 0 Å². The van der Waals surface area contributed by atoms with Crippen LogP contribution in [-0.2, 0) is 4.74 Å². The molecule has 0 spiro atoms. The van der Waals surface area contributed by atoms with E-state index in [0.717, 1.165) is 16.7 Å². The van der Waals surface area contributed by atoms with Crippen LogP contribution in [0.3, 0.4) is 0 Å². The highest BCUT2D eigenvalue weighted by Crippen LogP contribution is 2.25. The third kappa shape index (κ3) is 2.77. The van der Waals surface area contributed by atoms with Crippen molar-refractivity contribution in [2.75, 3.05) is 12.4 Å². The van der Waals surface area contributed by atoms with Crippen molar-refractivity contribution < 1.29 is 9.53 Å². The van der Waals surface area contributed by atoms with Crippen LogP contribution in [0, 0.1) is 0 Å².